The Morgan fingerprint density at radius 1 is 1.46 bits per heavy atom. The second kappa shape index (κ2) is 6.52. The molecule has 0 bridgehead atoms. The molecule has 0 radical (unpaired) electrons. The van der Waals surface area contributed by atoms with Crippen LogP contribution in [0.25, 0.3) is 0 Å². The first-order chi connectivity index (χ1) is 11.3. The number of rotatable bonds is 2. The van der Waals surface area contributed by atoms with E-state index >= 15 is 0 Å². The number of carbonyl (C=O) groups is 2. The highest BCUT2D eigenvalue weighted by molar-refractivity contribution is 7.16. The Labute approximate surface area is 150 Å². The smallest absolute Gasteiger partial charge is 0.410 e. The minimum atomic E-state index is -0.505. The van der Waals surface area contributed by atoms with Crippen molar-refractivity contribution >= 4 is 40.1 Å². The molecule has 1 saturated heterocycles. The quantitative estimate of drug-likeness (QED) is 0.749. The number of anilines is 1. The first-order valence-electron chi connectivity index (χ1n) is 8.09. The zero-order valence-electron chi connectivity index (χ0n) is 14.2. The highest BCUT2D eigenvalue weighted by atomic mass is 35.5. The van der Waals surface area contributed by atoms with E-state index in [1.54, 1.807) is 9.80 Å². The molecule has 1 atom stereocenters. The van der Waals surface area contributed by atoms with Gasteiger partial charge in [0.2, 0.25) is 5.91 Å². The van der Waals surface area contributed by atoms with Gasteiger partial charge in [0, 0.05) is 36.7 Å². The van der Waals surface area contributed by atoms with Crippen molar-refractivity contribution < 1.29 is 14.3 Å². The molecular formula is C16H22ClN3O3S. The van der Waals surface area contributed by atoms with Gasteiger partial charge in [0.25, 0.3) is 0 Å². The third-order valence-corrected chi connectivity index (χ3v) is 5.57. The number of nitrogens with zero attached hydrogens (tertiary/aromatic N) is 3. The normalized spacial score (nSPS) is 21.2. The van der Waals surface area contributed by atoms with E-state index in [1.165, 1.54) is 11.3 Å². The van der Waals surface area contributed by atoms with Crippen molar-refractivity contribution in [1.29, 1.82) is 0 Å². The molecule has 6 nitrogen and oxygen atoms in total. The second-order valence-electron chi connectivity index (χ2n) is 7.25. The molecule has 8 heteroatoms. The molecule has 24 heavy (non-hydrogen) atoms. The van der Waals surface area contributed by atoms with E-state index in [1.807, 2.05) is 20.8 Å². The summed E-state index contributed by atoms with van der Waals surface area (Å²) in [5.74, 6) is 0.758. The zero-order chi connectivity index (χ0) is 17.5. The number of thiazole rings is 1. The molecule has 0 aliphatic carbocycles. The lowest BCUT2D eigenvalue weighted by molar-refractivity contribution is -0.117. The van der Waals surface area contributed by atoms with Crippen molar-refractivity contribution in [2.45, 2.75) is 45.8 Å². The fraction of sp³-hybridized carbons (Fsp3) is 0.688. The van der Waals surface area contributed by atoms with Gasteiger partial charge in [-0.1, -0.05) is 11.3 Å². The van der Waals surface area contributed by atoms with Gasteiger partial charge < -0.3 is 9.64 Å². The maximum Gasteiger partial charge on any atom is 0.410 e. The monoisotopic (exact) mass is 371 g/mol. The number of ether oxygens (including phenoxy) is 1. The topological polar surface area (TPSA) is 62.7 Å². The lowest BCUT2D eigenvalue weighted by Crippen LogP contribution is -2.39. The van der Waals surface area contributed by atoms with Gasteiger partial charge in [-0.05, 0) is 26.7 Å². The Morgan fingerprint density at radius 3 is 2.83 bits per heavy atom. The predicted octanol–water partition coefficient (Wildman–Crippen LogP) is 3.03. The van der Waals surface area contributed by atoms with Crippen LogP contribution in [0.1, 0.15) is 37.8 Å². The van der Waals surface area contributed by atoms with E-state index < -0.39 is 5.60 Å². The SMILES string of the molecule is CC(C)(C)OC(=O)N1CCc2nc(N3CC(CCl)CC3=O)sc2C1. The largest absolute Gasteiger partial charge is 0.444 e. The fourth-order valence-corrected chi connectivity index (χ4v) is 4.20. The van der Waals surface area contributed by atoms with E-state index in [2.05, 4.69) is 4.98 Å². The Morgan fingerprint density at radius 2 is 2.21 bits per heavy atom. The molecule has 3 rings (SSSR count). The second-order valence-corrected chi connectivity index (χ2v) is 8.62. The van der Waals surface area contributed by atoms with Crippen molar-refractivity contribution in [1.82, 2.24) is 9.88 Å². The Bertz CT molecular complexity index is 655. The van der Waals surface area contributed by atoms with Crippen LogP contribution < -0.4 is 4.90 Å². The number of halogens is 1. The van der Waals surface area contributed by atoms with Gasteiger partial charge in [0.05, 0.1) is 12.2 Å². The summed E-state index contributed by atoms with van der Waals surface area (Å²) in [5.41, 5.74) is 0.478. The average Bonchev–Trinajstić information content (AvgIpc) is 3.07. The molecule has 132 valence electrons. The molecule has 2 aliphatic rings. The molecule has 2 aliphatic heterocycles. The first kappa shape index (κ1) is 17.5. The molecule has 0 spiro atoms. The zero-order valence-corrected chi connectivity index (χ0v) is 15.7. The molecule has 3 heterocycles. The number of hydrogen-bond acceptors (Lipinski definition) is 5. The van der Waals surface area contributed by atoms with Gasteiger partial charge in [0.15, 0.2) is 5.13 Å². The van der Waals surface area contributed by atoms with Crippen molar-refractivity contribution in [3.05, 3.63) is 10.6 Å². The van der Waals surface area contributed by atoms with Crippen LogP contribution in [0.4, 0.5) is 9.93 Å². The number of carbonyl (C=O) groups excluding carboxylic acids is 2. The van der Waals surface area contributed by atoms with Crippen molar-refractivity contribution in [2.75, 3.05) is 23.9 Å². The summed E-state index contributed by atoms with van der Waals surface area (Å²) < 4.78 is 5.44. The van der Waals surface area contributed by atoms with E-state index in [9.17, 15) is 9.59 Å². The molecule has 1 unspecified atom stereocenters. The lowest BCUT2D eigenvalue weighted by Gasteiger charge is -2.29. The van der Waals surface area contributed by atoms with Crippen molar-refractivity contribution in [3.8, 4) is 0 Å². The highest BCUT2D eigenvalue weighted by Gasteiger charge is 2.34. The summed E-state index contributed by atoms with van der Waals surface area (Å²) >= 11 is 7.37. The maximum absolute atomic E-state index is 12.2. The minimum absolute atomic E-state index is 0.0794. The summed E-state index contributed by atoms with van der Waals surface area (Å²) in [7, 11) is 0. The van der Waals surface area contributed by atoms with Gasteiger partial charge in [-0.2, -0.15) is 0 Å². The molecule has 1 aromatic rings. The van der Waals surface area contributed by atoms with Crippen LogP contribution in [0.15, 0.2) is 0 Å². The average molecular weight is 372 g/mol. The van der Waals surface area contributed by atoms with Crippen molar-refractivity contribution in [2.24, 2.45) is 5.92 Å². The summed E-state index contributed by atoms with van der Waals surface area (Å²) in [4.78, 5) is 33.4. The van der Waals surface area contributed by atoms with Gasteiger partial charge in [-0.15, -0.1) is 11.6 Å². The molecule has 0 N–H and O–H groups in total. The highest BCUT2D eigenvalue weighted by Crippen LogP contribution is 2.34. The summed E-state index contributed by atoms with van der Waals surface area (Å²) in [6.07, 6.45) is 0.867. The van der Waals surface area contributed by atoms with E-state index in [0.717, 1.165) is 15.7 Å². The summed E-state index contributed by atoms with van der Waals surface area (Å²) in [5, 5.41) is 0.726. The summed E-state index contributed by atoms with van der Waals surface area (Å²) in [6, 6.07) is 0. The maximum atomic E-state index is 12.2. The molecule has 1 fully saturated rings. The lowest BCUT2D eigenvalue weighted by atomic mass is 10.2. The fourth-order valence-electron chi connectivity index (χ4n) is 2.85. The number of alkyl halides is 1. The Kier molecular flexibility index (Phi) is 4.75. The van der Waals surface area contributed by atoms with Gasteiger partial charge in [0.1, 0.15) is 5.60 Å². The van der Waals surface area contributed by atoms with E-state index in [0.29, 0.717) is 38.4 Å². The van der Waals surface area contributed by atoms with Gasteiger partial charge in [-0.3, -0.25) is 9.69 Å². The molecular weight excluding hydrogens is 350 g/mol. The van der Waals surface area contributed by atoms with Crippen LogP contribution in [-0.4, -0.2) is 46.5 Å². The van der Waals surface area contributed by atoms with Crippen LogP contribution in [0.3, 0.4) is 0 Å². The minimum Gasteiger partial charge on any atom is -0.444 e. The van der Waals surface area contributed by atoms with Crippen LogP contribution in [0.5, 0.6) is 0 Å². The van der Waals surface area contributed by atoms with Gasteiger partial charge >= 0.3 is 6.09 Å². The third kappa shape index (κ3) is 3.67. The Hall–Kier alpha value is -1.34. The van der Waals surface area contributed by atoms with Gasteiger partial charge in [-0.25, -0.2) is 9.78 Å². The number of aromatic nitrogens is 1. The molecule has 2 amide bonds. The van der Waals surface area contributed by atoms with E-state index in [4.69, 9.17) is 16.3 Å². The molecule has 0 saturated carbocycles. The van der Waals surface area contributed by atoms with Crippen LogP contribution in [-0.2, 0) is 22.5 Å². The standard InChI is InChI=1S/C16H22ClN3O3S/c1-16(2,3)23-15(22)19-5-4-11-12(9-19)24-14(18-11)20-8-10(7-17)6-13(20)21/h10H,4-9H2,1-3H3. The summed E-state index contributed by atoms with van der Waals surface area (Å²) in [6.45, 7) is 7.28. The van der Waals surface area contributed by atoms with Crippen LogP contribution in [0.2, 0.25) is 0 Å². The molecule has 0 aromatic carbocycles. The number of fused-ring (bicyclic) bond motifs is 1. The Balaban J connectivity index is 1.71. The van der Waals surface area contributed by atoms with Crippen molar-refractivity contribution in [3.63, 3.8) is 0 Å². The van der Waals surface area contributed by atoms with E-state index in [-0.39, 0.29) is 17.9 Å². The third-order valence-electron chi connectivity index (χ3n) is 4.03. The predicted molar refractivity (Wildman–Crippen MR) is 93.6 cm³/mol. The number of hydrogen-bond donors (Lipinski definition) is 0. The molecule has 1 aromatic heterocycles. The van der Waals surface area contributed by atoms with Crippen LogP contribution in [0, 0.1) is 5.92 Å². The van der Waals surface area contributed by atoms with Crippen LogP contribution >= 0.6 is 22.9 Å². The first-order valence-corrected chi connectivity index (χ1v) is 9.45. The number of amides is 2.